The Morgan fingerprint density at radius 2 is 1.50 bits per heavy atom. The van der Waals surface area contributed by atoms with Crippen molar-refractivity contribution in [2.45, 2.75) is 0 Å². The predicted molar refractivity (Wildman–Crippen MR) is 59.7 cm³/mol. The van der Waals surface area contributed by atoms with Crippen LogP contribution in [0.4, 0.5) is 0 Å². The van der Waals surface area contributed by atoms with Crippen molar-refractivity contribution in [3.63, 3.8) is 0 Å². The van der Waals surface area contributed by atoms with E-state index in [2.05, 4.69) is 4.98 Å². The fourth-order valence-electron chi connectivity index (χ4n) is 1.22. The fraction of sp³-hybridized carbons (Fsp3) is 0. The van der Waals surface area contributed by atoms with E-state index in [1.807, 2.05) is 24.3 Å². The third-order valence-corrected chi connectivity index (χ3v) is 2.67. The van der Waals surface area contributed by atoms with Crippen LogP contribution in [-0.4, -0.2) is 4.98 Å². The minimum atomic E-state index is 0.570. The standard InChI is InChI=1S/C11H7Cl2N/c12-10-2-1-9(7-11(10)13)8-3-5-14-6-4-8/h1-7H. The zero-order valence-corrected chi connectivity index (χ0v) is 8.76. The largest absolute Gasteiger partial charge is 0.265 e. The molecule has 0 radical (unpaired) electrons. The monoisotopic (exact) mass is 223 g/mol. The number of benzene rings is 1. The molecular formula is C11H7Cl2N. The number of rotatable bonds is 1. The van der Waals surface area contributed by atoms with Crippen molar-refractivity contribution < 1.29 is 0 Å². The molecule has 2 rings (SSSR count). The van der Waals surface area contributed by atoms with Crippen LogP contribution in [0, 0.1) is 0 Å². The van der Waals surface area contributed by atoms with E-state index in [0.29, 0.717) is 10.0 Å². The molecule has 0 N–H and O–H groups in total. The van der Waals surface area contributed by atoms with Gasteiger partial charge in [-0.15, -0.1) is 0 Å². The molecule has 14 heavy (non-hydrogen) atoms. The third-order valence-electron chi connectivity index (χ3n) is 1.93. The Balaban J connectivity index is 2.48. The molecule has 0 fully saturated rings. The molecule has 70 valence electrons. The van der Waals surface area contributed by atoms with Crippen LogP contribution in [-0.2, 0) is 0 Å². The van der Waals surface area contributed by atoms with Crippen LogP contribution >= 0.6 is 23.2 Å². The van der Waals surface area contributed by atoms with Gasteiger partial charge in [0.05, 0.1) is 10.0 Å². The number of pyridine rings is 1. The maximum Gasteiger partial charge on any atom is 0.0598 e. The molecule has 0 aliphatic rings. The van der Waals surface area contributed by atoms with Gasteiger partial charge < -0.3 is 0 Å². The zero-order valence-electron chi connectivity index (χ0n) is 7.24. The molecule has 0 bridgehead atoms. The molecule has 1 aromatic carbocycles. The van der Waals surface area contributed by atoms with Crippen LogP contribution in [0.15, 0.2) is 42.7 Å². The molecule has 1 heterocycles. The van der Waals surface area contributed by atoms with Crippen molar-refractivity contribution in [3.8, 4) is 11.1 Å². The molecule has 0 saturated heterocycles. The summed E-state index contributed by atoms with van der Waals surface area (Å²) in [6.45, 7) is 0. The highest BCUT2D eigenvalue weighted by atomic mass is 35.5. The van der Waals surface area contributed by atoms with Crippen molar-refractivity contribution >= 4 is 23.2 Å². The minimum absolute atomic E-state index is 0.570. The topological polar surface area (TPSA) is 12.9 Å². The second-order valence-corrected chi connectivity index (χ2v) is 3.68. The SMILES string of the molecule is Clc1ccc(-c2ccncc2)cc1Cl. The zero-order chi connectivity index (χ0) is 9.97. The molecule has 0 aliphatic carbocycles. The summed E-state index contributed by atoms with van der Waals surface area (Å²) in [6.07, 6.45) is 3.50. The van der Waals surface area contributed by atoms with Crippen molar-refractivity contribution in [2.24, 2.45) is 0 Å². The second-order valence-electron chi connectivity index (χ2n) is 2.86. The molecule has 1 nitrogen and oxygen atoms in total. The lowest BCUT2D eigenvalue weighted by Crippen LogP contribution is -1.78. The van der Waals surface area contributed by atoms with E-state index < -0.39 is 0 Å². The smallest absolute Gasteiger partial charge is 0.0598 e. The average molecular weight is 224 g/mol. The quantitative estimate of drug-likeness (QED) is 0.711. The van der Waals surface area contributed by atoms with E-state index in [9.17, 15) is 0 Å². The Morgan fingerprint density at radius 1 is 0.786 bits per heavy atom. The molecule has 0 saturated carbocycles. The molecular weight excluding hydrogens is 217 g/mol. The van der Waals surface area contributed by atoms with E-state index in [1.54, 1.807) is 18.5 Å². The third kappa shape index (κ3) is 1.89. The number of hydrogen-bond acceptors (Lipinski definition) is 1. The van der Waals surface area contributed by atoms with Gasteiger partial charge >= 0.3 is 0 Å². The van der Waals surface area contributed by atoms with Crippen LogP contribution in [0.5, 0.6) is 0 Å². The second kappa shape index (κ2) is 3.99. The lowest BCUT2D eigenvalue weighted by molar-refractivity contribution is 1.33. The summed E-state index contributed by atoms with van der Waals surface area (Å²) in [7, 11) is 0. The van der Waals surface area contributed by atoms with E-state index in [0.717, 1.165) is 11.1 Å². The van der Waals surface area contributed by atoms with Crippen LogP contribution in [0.3, 0.4) is 0 Å². The van der Waals surface area contributed by atoms with Crippen molar-refractivity contribution in [3.05, 3.63) is 52.8 Å². The summed E-state index contributed by atoms with van der Waals surface area (Å²) < 4.78 is 0. The van der Waals surface area contributed by atoms with Gasteiger partial charge in [0.15, 0.2) is 0 Å². The Morgan fingerprint density at radius 3 is 2.14 bits per heavy atom. The van der Waals surface area contributed by atoms with Crippen LogP contribution < -0.4 is 0 Å². The number of nitrogens with zero attached hydrogens (tertiary/aromatic N) is 1. The highest BCUT2D eigenvalue weighted by molar-refractivity contribution is 6.42. The molecule has 0 amide bonds. The van der Waals surface area contributed by atoms with Gasteiger partial charge in [-0.1, -0.05) is 29.3 Å². The van der Waals surface area contributed by atoms with Crippen LogP contribution in [0.1, 0.15) is 0 Å². The fourth-order valence-corrected chi connectivity index (χ4v) is 1.52. The minimum Gasteiger partial charge on any atom is -0.265 e. The first-order valence-corrected chi connectivity index (χ1v) is 4.88. The van der Waals surface area contributed by atoms with Crippen molar-refractivity contribution in [1.29, 1.82) is 0 Å². The summed E-state index contributed by atoms with van der Waals surface area (Å²) in [5, 5.41) is 1.14. The molecule has 0 aliphatic heterocycles. The van der Waals surface area contributed by atoms with Gasteiger partial charge in [-0.3, -0.25) is 4.98 Å². The number of halogens is 2. The Kier molecular flexibility index (Phi) is 2.71. The number of aromatic nitrogens is 1. The van der Waals surface area contributed by atoms with E-state index >= 15 is 0 Å². The maximum atomic E-state index is 5.92. The van der Waals surface area contributed by atoms with E-state index in [4.69, 9.17) is 23.2 Å². The summed E-state index contributed by atoms with van der Waals surface area (Å²) in [5.41, 5.74) is 2.13. The Hall–Kier alpha value is -1.05. The van der Waals surface area contributed by atoms with Crippen molar-refractivity contribution in [2.75, 3.05) is 0 Å². The summed E-state index contributed by atoms with van der Waals surface area (Å²) in [5.74, 6) is 0. The average Bonchev–Trinajstić information content (AvgIpc) is 2.23. The van der Waals surface area contributed by atoms with Gasteiger partial charge in [-0.05, 0) is 35.4 Å². The summed E-state index contributed by atoms with van der Waals surface area (Å²) >= 11 is 11.7. The first-order chi connectivity index (χ1) is 6.77. The summed E-state index contributed by atoms with van der Waals surface area (Å²) in [4.78, 5) is 3.95. The predicted octanol–water partition coefficient (Wildman–Crippen LogP) is 4.06. The highest BCUT2D eigenvalue weighted by Crippen LogP contribution is 2.27. The van der Waals surface area contributed by atoms with Crippen LogP contribution in [0.2, 0.25) is 10.0 Å². The lowest BCUT2D eigenvalue weighted by atomic mass is 10.1. The Labute approximate surface area is 92.3 Å². The van der Waals surface area contributed by atoms with E-state index in [-0.39, 0.29) is 0 Å². The molecule has 0 atom stereocenters. The Bertz CT molecular complexity index is 440. The normalized spacial score (nSPS) is 10.1. The number of hydrogen-bond donors (Lipinski definition) is 0. The van der Waals surface area contributed by atoms with Gasteiger partial charge in [0.25, 0.3) is 0 Å². The van der Waals surface area contributed by atoms with Crippen molar-refractivity contribution in [1.82, 2.24) is 4.98 Å². The molecule has 3 heteroatoms. The first kappa shape index (κ1) is 9.50. The highest BCUT2D eigenvalue weighted by Gasteiger charge is 2.00. The molecule has 1 aromatic heterocycles. The van der Waals surface area contributed by atoms with Gasteiger partial charge in [0.1, 0.15) is 0 Å². The molecule has 2 aromatic rings. The van der Waals surface area contributed by atoms with E-state index in [1.165, 1.54) is 0 Å². The lowest BCUT2D eigenvalue weighted by Gasteiger charge is -2.02. The summed E-state index contributed by atoms with van der Waals surface area (Å²) in [6, 6.07) is 9.43. The van der Waals surface area contributed by atoms with Crippen LogP contribution in [0.25, 0.3) is 11.1 Å². The first-order valence-electron chi connectivity index (χ1n) is 4.13. The van der Waals surface area contributed by atoms with Gasteiger partial charge in [0, 0.05) is 12.4 Å². The molecule has 0 unspecified atom stereocenters. The molecule has 0 spiro atoms. The van der Waals surface area contributed by atoms with Gasteiger partial charge in [-0.2, -0.15) is 0 Å². The van der Waals surface area contributed by atoms with Gasteiger partial charge in [-0.25, -0.2) is 0 Å². The maximum absolute atomic E-state index is 5.92. The van der Waals surface area contributed by atoms with Gasteiger partial charge in [0.2, 0.25) is 0 Å².